The standard InChI is InChI=1S/C28H24ClNO6/c1-3-14-36-28(34)18-10-7-11-19(15-18)30-24(17-8-5-4-6-9-17)23(26(32)27(30)33)25(31)21-16-20(35-2)12-13-22(21)29/h4-13,15-16,24,31H,3,14H2,1-2H3/b25-23+. The molecule has 1 aliphatic rings. The molecular weight excluding hydrogens is 482 g/mol. The molecule has 1 atom stereocenters. The van der Waals surface area contributed by atoms with E-state index in [0.717, 1.165) is 0 Å². The molecule has 3 aromatic carbocycles. The van der Waals surface area contributed by atoms with Gasteiger partial charge in [0.2, 0.25) is 0 Å². The third-order valence-electron chi connectivity index (χ3n) is 5.79. The van der Waals surface area contributed by atoms with Crippen molar-refractivity contribution >= 4 is 40.7 Å². The van der Waals surface area contributed by atoms with Crippen molar-refractivity contribution in [1.29, 1.82) is 0 Å². The molecule has 0 bridgehead atoms. The maximum atomic E-state index is 13.4. The minimum Gasteiger partial charge on any atom is -0.507 e. The summed E-state index contributed by atoms with van der Waals surface area (Å²) in [6.07, 6.45) is 0.668. The van der Waals surface area contributed by atoms with Gasteiger partial charge in [0.1, 0.15) is 11.5 Å². The Morgan fingerprint density at radius 3 is 2.47 bits per heavy atom. The number of ether oxygens (including phenoxy) is 2. The van der Waals surface area contributed by atoms with Crippen LogP contribution in [0.3, 0.4) is 0 Å². The molecule has 3 aromatic rings. The van der Waals surface area contributed by atoms with E-state index in [1.165, 1.54) is 30.2 Å². The van der Waals surface area contributed by atoms with Crippen LogP contribution in [0.2, 0.25) is 5.02 Å². The largest absolute Gasteiger partial charge is 0.507 e. The van der Waals surface area contributed by atoms with Gasteiger partial charge in [-0.25, -0.2) is 4.79 Å². The molecule has 0 aromatic heterocycles. The third-order valence-corrected chi connectivity index (χ3v) is 6.12. The fourth-order valence-corrected chi connectivity index (χ4v) is 4.28. The first-order valence-corrected chi connectivity index (χ1v) is 11.7. The van der Waals surface area contributed by atoms with Crippen LogP contribution in [0.4, 0.5) is 5.69 Å². The summed E-state index contributed by atoms with van der Waals surface area (Å²) in [7, 11) is 1.47. The highest BCUT2D eigenvalue weighted by atomic mass is 35.5. The van der Waals surface area contributed by atoms with Crippen molar-refractivity contribution in [2.24, 2.45) is 0 Å². The number of hydrogen-bond acceptors (Lipinski definition) is 6. The van der Waals surface area contributed by atoms with Gasteiger partial charge in [0.05, 0.1) is 35.9 Å². The van der Waals surface area contributed by atoms with Gasteiger partial charge >= 0.3 is 5.97 Å². The van der Waals surface area contributed by atoms with Crippen molar-refractivity contribution in [3.8, 4) is 5.75 Å². The Morgan fingerprint density at radius 2 is 1.78 bits per heavy atom. The fourth-order valence-electron chi connectivity index (χ4n) is 4.07. The Balaban J connectivity index is 1.89. The number of carbonyl (C=O) groups is 3. The maximum absolute atomic E-state index is 13.4. The van der Waals surface area contributed by atoms with Crippen LogP contribution in [0, 0.1) is 0 Å². The van der Waals surface area contributed by atoms with Gasteiger partial charge in [0.25, 0.3) is 11.7 Å². The Bertz CT molecular complexity index is 1350. The number of amides is 1. The first-order chi connectivity index (χ1) is 17.4. The summed E-state index contributed by atoms with van der Waals surface area (Å²) in [6.45, 7) is 2.15. The van der Waals surface area contributed by atoms with Crippen molar-refractivity contribution in [3.63, 3.8) is 0 Å². The molecule has 1 unspecified atom stereocenters. The Kier molecular flexibility index (Phi) is 7.41. The van der Waals surface area contributed by atoms with Gasteiger partial charge in [-0.2, -0.15) is 0 Å². The lowest BCUT2D eigenvalue weighted by atomic mass is 9.95. The smallest absolute Gasteiger partial charge is 0.338 e. The van der Waals surface area contributed by atoms with Gasteiger partial charge < -0.3 is 14.6 Å². The molecule has 0 aliphatic carbocycles. The molecule has 1 heterocycles. The van der Waals surface area contributed by atoms with Crippen LogP contribution in [-0.2, 0) is 14.3 Å². The second-order valence-electron chi connectivity index (χ2n) is 8.11. The van der Waals surface area contributed by atoms with Crippen molar-refractivity contribution in [1.82, 2.24) is 0 Å². The molecule has 4 rings (SSSR count). The van der Waals surface area contributed by atoms with Crippen LogP contribution in [0.25, 0.3) is 5.76 Å². The summed E-state index contributed by atoms with van der Waals surface area (Å²) in [5.74, 6) is -2.26. The molecule has 1 N–H and O–H groups in total. The number of nitrogens with zero attached hydrogens (tertiary/aromatic N) is 1. The SMILES string of the molecule is CCCOC(=O)c1cccc(N2C(=O)C(=O)/C(=C(/O)c3cc(OC)ccc3Cl)C2c2ccccc2)c1. The summed E-state index contributed by atoms with van der Waals surface area (Å²) in [6, 6.07) is 18.8. The molecule has 1 amide bonds. The highest BCUT2D eigenvalue weighted by molar-refractivity contribution is 6.52. The second kappa shape index (κ2) is 10.7. The number of benzene rings is 3. The zero-order chi connectivity index (χ0) is 25.8. The molecule has 1 fully saturated rings. The van der Waals surface area contributed by atoms with E-state index in [2.05, 4.69) is 0 Å². The third kappa shape index (κ3) is 4.70. The average Bonchev–Trinajstić information content (AvgIpc) is 3.17. The monoisotopic (exact) mass is 505 g/mol. The highest BCUT2D eigenvalue weighted by Gasteiger charge is 2.47. The van der Waals surface area contributed by atoms with Crippen molar-refractivity contribution < 1.29 is 29.0 Å². The predicted molar refractivity (Wildman–Crippen MR) is 136 cm³/mol. The molecule has 8 heteroatoms. The number of Topliss-reactive ketones (excluding diaryl/α,β-unsaturated/α-hetero) is 1. The molecule has 36 heavy (non-hydrogen) atoms. The molecule has 0 saturated carbocycles. The summed E-state index contributed by atoms with van der Waals surface area (Å²) >= 11 is 6.34. The van der Waals surface area contributed by atoms with Gasteiger partial charge in [-0.1, -0.05) is 54.9 Å². The van der Waals surface area contributed by atoms with Gasteiger partial charge in [-0.15, -0.1) is 0 Å². The molecule has 7 nitrogen and oxygen atoms in total. The molecule has 1 saturated heterocycles. The molecule has 0 spiro atoms. The zero-order valence-corrected chi connectivity index (χ0v) is 20.5. The quantitative estimate of drug-likeness (QED) is 0.196. The van der Waals surface area contributed by atoms with E-state index < -0.39 is 29.5 Å². The van der Waals surface area contributed by atoms with E-state index in [1.807, 2.05) is 6.92 Å². The van der Waals surface area contributed by atoms with Crippen molar-refractivity contribution in [2.75, 3.05) is 18.6 Å². The minimum atomic E-state index is -0.963. The summed E-state index contributed by atoms with van der Waals surface area (Å²) in [5.41, 5.74) is 1.18. The normalized spacial score (nSPS) is 16.8. The number of esters is 1. The molecular formula is C28H24ClNO6. The zero-order valence-electron chi connectivity index (χ0n) is 19.7. The van der Waals surface area contributed by atoms with Crippen molar-refractivity contribution in [2.45, 2.75) is 19.4 Å². The highest BCUT2D eigenvalue weighted by Crippen LogP contribution is 2.43. The van der Waals surface area contributed by atoms with Gasteiger partial charge in [-0.05, 0) is 48.4 Å². The van der Waals surface area contributed by atoms with Gasteiger partial charge in [0.15, 0.2) is 0 Å². The number of aliphatic hydroxyl groups is 1. The van der Waals surface area contributed by atoms with Crippen LogP contribution in [-0.4, -0.2) is 36.5 Å². The number of hydrogen-bond donors (Lipinski definition) is 1. The predicted octanol–water partition coefficient (Wildman–Crippen LogP) is 5.54. The van der Waals surface area contributed by atoms with Gasteiger partial charge in [-0.3, -0.25) is 14.5 Å². The van der Waals surface area contributed by atoms with Crippen LogP contribution in [0.1, 0.15) is 40.9 Å². The maximum Gasteiger partial charge on any atom is 0.338 e. The Labute approximate surface area is 213 Å². The van der Waals surface area contributed by atoms with E-state index in [9.17, 15) is 19.5 Å². The van der Waals surface area contributed by atoms with E-state index in [4.69, 9.17) is 21.1 Å². The number of halogens is 1. The fraction of sp³-hybridized carbons (Fsp3) is 0.179. The topological polar surface area (TPSA) is 93.1 Å². The van der Waals surface area contributed by atoms with Crippen molar-refractivity contribution in [3.05, 3.63) is 100 Å². The number of aliphatic hydroxyl groups excluding tert-OH is 1. The second-order valence-corrected chi connectivity index (χ2v) is 8.52. The van der Waals surface area contributed by atoms with Crippen LogP contribution in [0.15, 0.2) is 78.4 Å². The van der Waals surface area contributed by atoms with Crippen LogP contribution < -0.4 is 9.64 Å². The van der Waals surface area contributed by atoms with E-state index >= 15 is 0 Å². The Hall–Kier alpha value is -4.10. The number of carbonyl (C=O) groups excluding carboxylic acids is 3. The lowest BCUT2D eigenvalue weighted by Gasteiger charge is -2.26. The van der Waals surface area contributed by atoms with E-state index in [-0.39, 0.29) is 28.3 Å². The van der Waals surface area contributed by atoms with Crippen LogP contribution in [0.5, 0.6) is 5.75 Å². The summed E-state index contributed by atoms with van der Waals surface area (Å²) in [4.78, 5) is 40.4. The molecule has 184 valence electrons. The van der Waals surface area contributed by atoms with E-state index in [1.54, 1.807) is 54.6 Å². The first-order valence-electron chi connectivity index (χ1n) is 11.3. The van der Waals surface area contributed by atoms with Gasteiger partial charge in [0, 0.05) is 11.3 Å². The van der Waals surface area contributed by atoms with Crippen LogP contribution >= 0.6 is 11.6 Å². The Morgan fingerprint density at radius 1 is 1.03 bits per heavy atom. The average molecular weight is 506 g/mol. The summed E-state index contributed by atoms with van der Waals surface area (Å²) < 4.78 is 10.5. The minimum absolute atomic E-state index is 0.125. The number of methoxy groups -OCH3 is 1. The number of ketones is 1. The lowest BCUT2D eigenvalue weighted by Crippen LogP contribution is -2.29. The lowest BCUT2D eigenvalue weighted by molar-refractivity contribution is -0.132. The molecule has 0 radical (unpaired) electrons. The summed E-state index contributed by atoms with van der Waals surface area (Å²) in [5, 5.41) is 11.5. The van der Waals surface area contributed by atoms with E-state index in [0.29, 0.717) is 23.4 Å². The number of rotatable bonds is 7. The molecule has 1 aliphatic heterocycles. The first kappa shape index (κ1) is 25.0. The number of anilines is 1.